The van der Waals surface area contributed by atoms with Crippen LogP contribution in [0.25, 0.3) is 10.9 Å². The van der Waals surface area contributed by atoms with Crippen molar-refractivity contribution in [2.45, 2.75) is 32.0 Å². The molecule has 0 saturated carbocycles. The van der Waals surface area contributed by atoms with Crippen molar-refractivity contribution in [2.75, 3.05) is 31.1 Å². The van der Waals surface area contributed by atoms with Crippen LogP contribution in [-0.4, -0.2) is 59.2 Å². The zero-order chi connectivity index (χ0) is 23.0. The van der Waals surface area contributed by atoms with E-state index in [0.717, 1.165) is 12.5 Å². The summed E-state index contributed by atoms with van der Waals surface area (Å²) in [4.78, 5) is 31.1. The van der Waals surface area contributed by atoms with Gasteiger partial charge in [0, 0.05) is 49.5 Å². The van der Waals surface area contributed by atoms with Crippen molar-refractivity contribution in [3.63, 3.8) is 0 Å². The SMILES string of the molecule is C[C@H]1C[C@@H](NC(=O)[C@@H]2CCN(C(=O)O)C2)CN(c2ccc(C(F)(F)F)c3ncccc23)C1. The number of hydrogen-bond acceptors (Lipinski definition) is 4. The third kappa shape index (κ3) is 4.44. The van der Waals surface area contributed by atoms with Gasteiger partial charge in [-0.15, -0.1) is 0 Å². The molecule has 0 aliphatic carbocycles. The van der Waals surface area contributed by atoms with Crippen LogP contribution in [0, 0.1) is 11.8 Å². The van der Waals surface area contributed by atoms with E-state index in [9.17, 15) is 22.8 Å². The Balaban J connectivity index is 1.54. The van der Waals surface area contributed by atoms with Crippen LogP contribution in [0.3, 0.4) is 0 Å². The standard InChI is InChI=1S/C22H25F3N4O3/c1-13-9-15(27-20(30)14-6-8-28(11-14)21(31)32)12-29(10-13)18-5-4-17(22(23,24)25)19-16(18)3-2-7-26-19/h2-5,7,13-15H,6,8-12H2,1H3,(H,27,30)(H,31,32)/t13-,14+,15+/m0/s1. The number of alkyl halides is 3. The average molecular weight is 450 g/mol. The van der Waals surface area contributed by atoms with E-state index in [0.29, 0.717) is 37.1 Å². The average Bonchev–Trinajstić information content (AvgIpc) is 3.22. The van der Waals surface area contributed by atoms with Crippen LogP contribution in [0.15, 0.2) is 30.5 Å². The molecule has 0 radical (unpaired) electrons. The predicted molar refractivity (Wildman–Crippen MR) is 112 cm³/mol. The summed E-state index contributed by atoms with van der Waals surface area (Å²) in [6.45, 7) is 3.67. The summed E-state index contributed by atoms with van der Waals surface area (Å²) in [5, 5.41) is 12.6. The Labute approximate surface area is 183 Å². The first-order chi connectivity index (χ1) is 15.1. The first-order valence-corrected chi connectivity index (χ1v) is 10.6. The summed E-state index contributed by atoms with van der Waals surface area (Å²) in [6.07, 6.45) is -2.94. The minimum Gasteiger partial charge on any atom is -0.465 e. The van der Waals surface area contributed by atoms with Crippen LogP contribution in [0.4, 0.5) is 23.7 Å². The van der Waals surface area contributed by atoms with E-state index in [4.69, 9.17) is 5.11 Å². The fraction of sp³-hybridized carbons (Fsp3) is 0.500. The van der Waals surface area contributed by atoms with Crippen LogP contribution in [0.1, 0.15) is 25.3 Å². The molecule has 2 saturated heterocycles. The van der Waals surface area contributed by atoms with Crippen molar-refractivity contribution in [2.24, 2.45) is 11.8 Å². The van der Waals surface area contributed by atoms with E-state index in [1.165, 1.54) is 17.2 Å². The van der Waals surface area contributed by atoms with E-state index in [-0.39, 0.29) is 35.8 Å². The summed E-state index contributed by atoms with van der Waals surface area (Å²) in [7, 11) is 0. The zero-order valence-electron chi connectivity index (χ0n) is 17.6. The van der Waals surface area contributed by atoms with Gasteiger partial charge in [-0.05, 0) is 43.0 Å². The van der Waals surface area contributed by atoms with Gasteiger partial charge in [-0.2, -0.15) is 13.2 Å². The monoisotopic (exact) mass is 450 g/mol. The van der Waals surface area contributed by atoms with Crippen molar-refractivity contribution in [3.05, 3.63) is 36.0 Å². The molecule has 3 atom stereocenters. The lowest BCUT2D eigenvalue weighted by atomic mass is 9.94. The first kappa shape index (κ1) is 22.2. The fourth-order valence-electron chi connectivity index (χ4n) is 4.78. The predicted octanol–water partition coefficient (Wildman–Crippen LogP) is 3.58. The molecule has 172 valence electrons. The van der Waals surface area contributed by atoms with Crippen LogP contribution in [-0.2, 0) is 11.0 Å². The molecule has 2 aliphatic heterocycles. The first-order valence-electron chi connectivity index (χ1n) is 10.6. The number of pyridine rings is 1. The van der Waals surface area contributed by atoms with Gasteiger partial charge in [0.1, 0.15) is 0 Å². The molecule has 2 N–H and O–H groups in total. The number of benzene rings is 1. The second-order valence-electron chi connectivity index (χ2n) is 8.70. The van der Waals surface area contributed by atoms with E-state index in [2.05, 4.69) is 10.3 Å². The Hall–Kier alpha value is -3.04. The molecule has 0 bridgehead atoms. The maximum atomic E-state index is 13.4. The molecule has 2 aromatic rings. The van der Waals surface area contributed by atoms with Gasteiger partial charge in [-0.1, -0.05) is 6.92 Å². The summed E-state index contributed by atoms with van der Waals surface area (Å²) in [5.41, 5.74) is -0.197. The number of piperidine rings is 1. The minimum absolute atomic E-state index is 0.0870. The van der Waals surface area contributed by atoms with E-state index < -0.39 is 17.8 Å². The summed E-state index contributed by atoms with van der Waals surface area (Å²) < 4.78 is 40.3. The van der Waals surface area contributed by atoms with Crippen LogP contribution in [0.2, 0.25) is 0 Å². The molecule has 3 heterocycles. The Morgan fingerprint density at radius 3 is 2.66 bits per heavy atom. The number of carboxylic acid groups (broad SMARTS) is 1. The molecular weight excluding hydrogens is 425 g/mol. The molecule has 1 aromatic carbocycles. The van der Waals surface area contributed by atoms with Crippen LogP contribution < -0.4 is 10.2 Å². The molecule has 4 rings (SSSR count). The zero-order valence-corrected chi connectivity index (χ0v) is 17.6. The van der Waals surface area contributed by atoms with Crippen molar-refractivity contribution >= 4 is 28.6 Å². The highest BCUT2D eigenvalue weighted by Crippen LogP contribution is 2.38. The second-order valence-corrected chi connectivity index (χ2v) is 8.70. The highest BCUT2D eigenvalue weighted by Gasteiger charge is 2.36. The number of aromatic nitrogens is 1. The Morgan fingerprint density at radius 2 is 1.97 bits per heavy atom. The molecule has 0 spiro atoms. The summed E-state index contributed by atoms with van der Waals surface area (Å²) >= 11 is 0. The summed E-state index contributed by atoms with van der Waals surface area (Å²) in [6, 6.07) is 5.62. The van der Waals surface area contributed by atoms with Gasteiger partial charge < -0.3 is 20.2 Å². The Bertz CT molecular complexity index is 1030. The maximum Gasteiger partial charge on any atom is 0.418 e. The molecule has 32 heavy (non-hydrogen) atoms. The van der Waals surface area contributed by atoms with Gasteiger partial charge in [-0.3, -0.25) is 9.78 Å². The Morgan fingerprint density at radius 1 is 1.19 bits per heavy atom. The maximum absolute atomic E-state index is 13.4. The highest BCUT2D eigenvalue weighted by molar-refractivity contribution is 5.94. The number of anilines is 1. The van der Waals surface area contributed by atoms with E-state index >= 15 is 0 Å². The minimum atomic E-state index is -4.50. The molecule has 2 amide bonds. The number of fused-ring (bicyclic) bond motifs is 1. The Kier molecular flexibility index (Phi) is 5.87. The van der Waals surface area contributed by atoms with Gasteiger partial charge in [0.05, 0.1) is 17.0 Å². The smallest absolute Gasteiger partial charge is 0.418 e. The normalized spacial score (nSPS) is 24.1. The van der Waals surface area contributed by atoms with Crippen molar-refractivity contribution in [1.82, 2.24) is 15.2 Å². The van der Waals surface area contributed by atoms with Crippen LogP contribution >= 0.6 is 0 Å². The number of nitrogens with one attached hydrogen (secondary N) is 1. The molecule has 7 nitrogen and oxygen atoms in total. The fourth-order valence-corrected chi connectivity index (χ4v) is 4.78. The number of carbonyl (C=O) groups excluding carboxylic acids is 1. The van der Waals surface area contributed by atoms with Gasteiger partial charge in [-0.25, -0.2) is 4.79 Å². The molecule has 10 heteroatoms. The molecule has 2 aliphatic rings. The molecule has 2 fully saturated rings. The van der Waals surface area contributed by atoms with Gasteiger partial charge >= 0.3 is 12.3 Å². The second kappa shape index (κ2) is 8.48. The van der Waals surface area contributed by atoms with E-state index in [1.54, 1.807) is 12.1 Å². The number of rotatable bonds is 3. The topological polar surface area (TPSA) is 85.8 Å². The van der Waals surface area contributed by atoms with Gasteiger partial charge in [0.15, 0.2) is 0 Å². The van der Waals surface area contributed by atoms with Gasteiger partial charge in [0.2, 0.25) is 5.91 Å². The quantitative estimate of drug-likeness (QED) is 0.747. The molecule has 1 aromatic heterocycles. The lowest BCUT2D eigenvalue weighted by molar-refractivity contribution is -0.136. The van der Waals surface area contributed by atoms with Crippen molar-refractivity contribution in [3.8, 4) is 0 Å². The largest absolute Gasteiger partial charge is 0.465 e. The lowest BCUT2D eigenvalue weighted by Gasteiger charge is -2.39. The summed E-state index contributed by atoms with van der Waals surface area (Å²) in [5.74, 6) is -0.346. The van der Waals surface area contributed by atoms with Crippen molar-refractivity contribution < 1.29 is 27.9 Å². The third-order valence-electron chi connectivity index (χ3n) is 6.23. The number of amides is 2. The van der Waals surface area contributed by atoms with Crippen molar-refractivity contribution in [1.29, 1.82) is 0 Å². The van der Waals surface area contributed by atoms with E-state index in [1.807, 2.05) is 11.8 Å². The molecular formula is C22H25F3N4O3. The number of likely N-dealkylation sites (tertiary alicyclic amines) is 1. The third-order valence-corrected chi connectivity index (χ3v) is 6.23. The molecule has 0 unspecified atom stereocenters. The highest BCUT2D eigenvalue weighted by atomic mass is 19.4. The number of carbonyl (C=O) groups is 2. The lowest BCUT2D eigenvalue weighted by Crippen LogP contribution is -2.52. The number of hydrogen-bond donors (Lipinski definition) is 2. The van der Waals surface area contributed by atoms with Crippen LogP contribution in [0.5, 0.6) is 0 Å². The number of halogens is 3. The number of nitrogens with zero attached hydrogens (tertiary/aromatic N) is 3. The van der Waals surface area contributed by atoms with Gasteiger partial charge in [0.25, 0.3) is 0 Å².